The number of hydrogen-bond acceptors (Lipinski definition) is 2. The zero-order valence-corrected chi connectivity index (χ0v) is 26.5. The monoisotopic (exact) mass is 764 g/mol. The second-order valence-electron chi connectivity index (χ2n) is 9.44. The van der Waals surface area contributed by atoms with Crippen LogP contribution >= 0.6 is 0 Å². The Hall–Kier alpha value is -3.49. The summed E-state index contributed by atoms with van der Waals surface area (Å²) in [5.41, 5.74) is 7.38. The van der Waals surface area contributed by atoms with E-state index < -0.39 is 0 Å². The fourth-order valence-electron chi connectivity index (χ4n) is 4.39. The number of rotatable bonds is 6. The molecule has 0 spiro atoms. The Morgan fingerprint density at radius 1 is 0.561 bits per heavy atom. The molecule has 4 nitrogen and oxygen atoms in total. The third kappa shape index (κ3) is 7.05. The molecule has 6 aromatic rings. The molecule has 0 atom stereocenters. The van der Waals surface area contributed by atoms with E-state index in [1.54, 1.807) is 0 Å². The second-order valence-corrected chi connectivity index (χ2v) is 9.44. The molecule has 215 valence electrons. The number of aromatic nitrogens is 4. The maximum Gasteiger partial charge on any atom is 2.00 e. The van der Waals surface area contributed by atoms with Crippen molar-refractivity contribution in [3.8, 4) is 33.9 Å². The summed E-state index contributed by atoms with van der Waals surface area (Å²) >= 11 is 0. The maximum absolute atomic E-state index is 4.52. The van der Waals surface area contributed by atoms with Crippen molar-refractivity contribution >= 4 is 0 Å². The van der Waals surface area contributed by atoms with Gasteiger partial charge in [0.2, 0.25) is 0 Å². The molecular formula is C35H30CuN4Pt-4. The van der Waals surface area contributed by atoms with Gasteiger partial charge in [0.15, 0.2) is 0 Å². The first-order valence-corrected chi connectivity index (χ1v) is 12.2. The van der Waals surface area contributed by atoms with Crippen molar-refractivity contribution in [1.29, 1.82) is 0 Å². The molecule has 0 amide bonds. The van der Waals surface area contributed by atoms with E-state index in [1.807, 2.05) is 94.3 Å². The minimum absolute atomic E-state index is 0. The zero-order valence-electron chi connectivity index (χ0n) is 23.3. The summed E-state index contributed by atoms with van der Waals surface area (Å²) in [5, 5.41) is 0. The number of benzene rings is 4. The summed E-state index contributed by atoms with van der Waals surface area (Å²) in [6.07, 6.45) is 10.1. The third-order valence-electron chi connectivity index (χ3n) is 6.62. The summed E-state index contributed by atoms with van der Waals surface area (Å²) in [5.74, 6) is 0. The van der Waals surface area contributed by atoms with Crippen molar-refractivity contribution in [3.63, 3.8) is 0 Å². The van der Waals surface area contributed by atoms with Gasteiger partial charge in [-0.05, 0) is 28.2 Å². The molecule has 0 saturated heterocycles. The SMILES string of the molecule is CC(C)(c1[c-]c(-c2cn(-c3ccccc3)[c-]n2)ccc1)c1[c-]c(-c2cn(-c3ccccc3)[c-]n2)ccc1.[CH3-].[CH3-].[Cu].[Pt+2]. The van der Waals surface area contributed by atoms with Crippen molar-refractivity contribution in [2.75, 3.05) is 0 Å². The molecule has 4 aromatic carbocycles. The molecule has 0 N–H and O–H groups in total. The Morgan fingerprint density at radius 2 is 0.951 bits per heavy atom. The fourth-order valence-corrected chi connectivity index (χ4v) is 4.39. The normalized spacial score (nSPS) is 10.4. The van der Waals surface area contributed by atoms with Gasteiger partial charge in [-0.15, -0.1) is 70.8 Å². The molecule has 0 unspecified atom stereocenters. The van der Waals surface area contributed by atoms with E-state index in [1.165, 1.54) is 0 Å². The Balaban J connectivity index is 0.00000147. The molecule has 6 heteroatoms. The molecule has 0 aliphatic rings. The van der Waals surface area contributed by atoms with E-state index in [9.17, 15) is 0 Å². The molecule has 0 saturated carbocycles. The Morgan fingerprint density at radius 3 is 1.34 bits per heavy atom. The molecule has 2 heterocycles. The van der Waals surface area contributed by atoms with Gasteiger partial charge in [-0.2, -0.15) is 0 Å². The van der Waals surface area contributed by atoms with Gasteiger partial charge in [-0.3, -0.25) is 0 Å². The standard InChI is InChI=1S/C33H24N4.2CH3.Cu.Pt/c1-33(2,27-13-9-11-25(19-27)31-21-36(23-34-31)29-15-5-3-6-16-29)28-14-10-12-26(20-28)32-22-37(24-35-32)30-17-7-4-8-18-30;;;;/h3-18,21-22H,1-2H3;2*1H3;;/q-4;2*-1;;+2. The van der Waals surface area contributed by atoms with Crippen LogP contribution in [0.4, 0.5) is 0 Å². The third-order valence-corrected chi connectivity index (χ3v) is 6.62. The van der Waals surface area contributed by atoms with Crippen LogP contribution in [-0.2, 0) is 43.5 Å². The average molecular weight is 765 g/mol. The summed E-state index contributed by atoms with van der Waals surface area (Å²) in [4.78, 5) is 9.05. The first-order valence-electron chi connectivity index (χ1n) is 12.2. The number of nitrogens with zero attached hydrogens (tertiary/aromatic N) is 4. The average Bonchev–Trinajstić information content (AvgIpc) is 3.65. The molecule has 1 radical (unpaired) electrons. The first-order chi connectivity index (χ1) is 18.1. The minimum Gasteiger partial charge on any atom is -0.433 e. The minimum atomic E-state index is -0.330. The van der Waals surface area contributed by atoms with Gasteiger partial charge in [0, 0.05) is 29.7 Å². The van der Waals surface area contributed by atoms with E-state index in [2.05, 4.69) is 72.9 Å². The Bertz CT molecular complexity index is 1530. The van der Waals surface area contributed by atoms with E-state index in [4.69, 9.17) is 0 Å². The molecule has 0 bridgehead atoms. The van der Waals surface area contributed by atoms with Gasteiger partial charge in [0.1, 0.15) is 0 Å². The van der Waals surface area contributed by atoms with Gasteiger partial charge in [0.25, 0.3) is 0 Å². The van der Waals surface area contributed by atoms with Crippen molar-refractivity contribution in [2.45, 2.75) is 19.3 Å². The van der Waals surface area contributed by atoms with Gasteiger partial charge in [-0.25, -0.2) is 0 Å². The molecule has 6 rings (SSSR count). The van der Waals surface area contributed by atoms with Crippen LogP contribution < -0.4 is 0 Å². The summed E-state index contributed by atoms with van der Waals surface area (Å²) in [6, 6.07) is 39.8. The topological polar surface area (TPSA) is 35.6 Å². The number of para-hydroxylation sites is 2. The smallest absolute Gasteiger partial charge is 0.433 e. The van der Waals surface area contributed by atoms with E-state index in [0.717, 1.165) is 45.0 Å². The molecule has 0 aliphatic carbocycles. The molecule has 0 aliphatic heterocycles. The predicted molar refractivity (Wildman–Crippen MR) is 158 cm³/mol. The number of hydrogen-bond donors (Lipinski definition) is 0. The van der Waals surface area contributed by atoms with Crippen molar-refractivity contribution < 1.29 is 38.1 Å². The van der Waals surface area contributed by atoms with Crippen LogP contribution in [0.25, 0.3) is 33.9 Å². The first kappa shape index (κ1) is 33.7. The molecule has 2 aromatic heterocycles. The van der Waals surface area contributed by atoms with Gasteiger partial charge < -0.3 is 34.0 Å². The van der Waals surface area contributed by atoms with Crippen LogP contribution in [0.3, 0.4) is 0 Å². The number of imidazole rings is 2. The van der Waals surface area contributed by atoms with E-state index >= 15 is 0 Å². The largest absolute Gasteiger partial charge is 2.00 e. The zero-order chi connectivity index (χ0) is 25.2. The molecule has 41 heavy (non-hydrogen) atoms. The van der Waals surface area contributed by atoms with Crippen LogP contribution in [0.1, 0.15) is 25.0 Å². The summed E-state index contributed by atoms with van der Waals surface area (Å²) in [7, 11) is 0. The molecular weight excluding hydrogens is 735 g/mol. The Kier molecular flexibility index (Phi) is 11.9. The van der Waals surface area contributed by atoms with Gasteiger partial charge >= 0.3 is 21.1 Å². The van der Waals surface area contributed by atoms with Crippen LogP contribution in [0.15, 0.2) is 109 Å². The van der Waals surface area contributed by atoms with Gasteiger partial charge in [0.05, 0.1) is 0 Å². The van der Waals surface area contributed by atoms with E-state index in [-0.39, 0.29) is 58.4 Å². The van der Waals surface area contributed by atoms with Crippen LogP contribution in [-0.4, -0.2) is 19.1 Å². The maximum atomic E-state index is 4.52. The van der Waals surface area contributed by atoms with Crippen LogP contribution in [0.2, 0.25) is 0 Å². The summed E-state index contributed by atoms with van der Waals surface area (Å²) < 4.78 is 3.81. The predicted octanol–water partition coefficient (Wildman–Crippen LogP) is 7.81. The quantitative estimate of drug-likeness (QED) is 0.128. The fraction of sp³-hybridized carbons (Fsp3) is 0.0857. The van der Waals surface area contributed by atoms with Crippen molar-refractivity contribution in [1.82, 2.24) is 19.1 Å². The Labute approximate surface area is 269 Å². The van der Waals surface area contributed by atoms with Crippen LogP contribution in [0.5, 0.6) is 0 Å². The second kappa shape index (κ2) is 14.4. The summed E-state index contributed by atoms with van der Waals surface area (Å²) in [6.45, 7) is 4.39. The van der Waals surface area contributed by atoms with Crippen LogP contribution in [0, 0.1) is 39.6 Å². The molecule has 0 fully saturated rings. The van der Waals surface area contributed by atoms with Gasteiger partial charge in [-0.1, -0.05) is 86.9 Å². The van der Waals surface area contributed by atoms with E-state index in [0.29, 0.717) is 0 Å². The van der Waals surface area contributed by atoms with Crippen molar-refractivity contribution in [2.24, 2.45) is 0 Å². The van der Waals surface area contributed by atoms with Crippen molar-refractivity contribution in [3.05, 3.63) is 160 Å².